The van der Waals surface area contributed by atoms with Crippen LogP contribution in [0.5, 0.6) is 0 Å². The number of rotatable bonds is 10. The summed E-state index contributed by atoms with van der Waals surface area (Å²) in [5, 5.41) is 0. The lowest BCUT2D eigenvalue weighted by atomic mass is 10.0. The highest BCUT2D eigenvalue weighted by Crippen LogP contribution is 2.31. The molecule has 5 heteroatoms. The summed E-state index contributed by atoms with van der Waals surface area (Å²) in [6.07, 6.45) is 1.89. The van der Waals surface area contributed by atoms with Crippen molar-refractivity contribution >= 4 is 0 Å². The molecule has 2 atom stereocenters. The Hall–Kier alpha value is -0.200. The van der Waals surface area contributed by atoms with Gasteiger partial charge in [0, 0.05) is 13.1 Å². The first-order chi connectivity index (χ1) is 9.55. The zero-order valence-electron chi connectivity index (χ0n) is 16.0. The first kappa shape index (κ1) is 20.8. The van der Waals surface area contributed by atoms with E-state index in [9.17, 15) is 0 Å². The molecule has 0 aromatic heterocycles. The molecule has 128 valence electrons. The first-order valence-corrected chi connectivity index (χ1v) is 7.89. The molecule has 2 unspecified atom stereocenters. The lowest BCUT2D eigenvalue weighted by Crippen LogP contribution is -2.63. The van der Waals surface area contributed by atoms with Crippen molar-refractivity contribution in [2.75, 3.05) is 69.5 Å². The zero-order chi connectivity index (χ0) is 16.8. The van der Waals surface area contributed by atoms with Crippen LogP contribution in [0.3, 0.4) is 0 Å². The fraction of sp³-hybridized carbons (Fsp3) is 1.00. The quantitative estimate of drug-likeness (QED) is 0.568. The topological polar surface area (TPSA) is 22.2 Å². The van der Waals surface area contributed by atoms with Gasteiger partial charge in [0.1, 0.15) is 11.4 Å². The molecule has 0 rings (SSSR count). The van der Waals surface area contributed by atoms with Gasteiger partial charge >= 0.3 is 0 Å². The molecule has 0 heterocycles. The highest BCUT2D eigenvalue weighted by molar-refractivity contribution is 4.88. The Bertz CT molecular complexity index is 266. The third kappa shape index (κ3) is 5.49. The summed E-state index contributed by atoms with van der Waals surface area (Å²) in [4.78, 5) is 8.84. The molecule has 0 saturated carbocycles. The van der Waals surface area contributed by atoms with E-state index in [4.69, 9.17) is 4.74 Å². The number of likely N-dealkylation sites (N-methyl/N-ethyl adjacent to an activating group) is 4. The predicted molar refractivity (Wildman–Crippen MR) is 91.6 cm³/mol. The summed E-state index contributed by atoms with van der Waals surface area (Å²) < 4.78 is 6.84. The van der Waals surface area contributed by atoms with Gasteiger partial charge in [-0.25, -0.2) is 0 Å². The summed E-state index contributed by atoms with van der Waals surface area (Å²) in [5.74, 6) is 0. The maximum atomic E-state index is 6.84. The minimum Gasteiger partial charge on any atom is -0.337 e. The molecular formula is C16H38N4O. The van der Waals surface area contributed by atoms with Crippen LogP contribution in [0.2, 0.25) is 0 Å². The number of hydrogen-bond donors (Lipinski definition) is 0. The average Bonchev–Trinajstić information content (AvgIpc) is 2.35. The number of ether oxygens (including phenoxy) is 1. The fourth-order valence-electron chi connectivity index (χ4n) is 2.87. The second kappa shape index (κ2) is 8.44. The molecule has 0 radical (unpaired) electrons. The molecule has 5 nitrogen and oxygen atoms in total. The summed E-state index contributed by atoms with van der Waals surface area (Å²) in [5.41, 5.74) is -0.584. The molecule has 0 aliphatic heterocycles. The Labute approximate surface area is 132 Å². The Balaban J connectivity index is 5.58. The molecule has 0 aliphatic rings. The van der Waals surface area contributed by atoms with Gasteiger partial charge < -0.3 is 14.5 Å². The Morgan fingerprint density at radius 1 is 0.619 bits per heavy atom. The van der Waals surface area contributed by atoms with Crippen molar-refractivity contribution in [1.82, 2.24) is 19.6 Å². The van der Waals surface area contributed by atoms with Gasteiger partial charge in [-0.2, -0.15) is 0 Å². The molecule has 0 spiro atoms. The van der Waals surface area contributed by atoms with Gasteiger partial charge in [-0.1, -0.05) is 13.8 Å². The highest BCUT2D eigenvalue weighted by atomic mass is 16.6. The van der Waals surface area contributed by atoms with E-state index >= 15 is 0 Å². The van der Waals surface area contributed by atoms with Crippen molar-refractivity contribution in [3.63, 3.8) is 0 Å². The van der Waals surface area contributed by atoms with Crippen LogP contribution in [0, 0.1) is 0 Å². The van der Waals surface area contributed by atoms with E-state index in [0.29, 0.717) is 0 Å². The average molecular weight is 303 g/mol. The van der Waals surface area contributed by atoms with Crippen molar-refractivity contribution in [1.29, 1.82) is 0 Å². The van der Waals surface area contributed by atoms with Crippen molar-refractivity contribution < 1.29 is 4.74 Å². The van der Waals surface area contributed by atoms with Crippen LogP contribution in [-0.2, 0) is 4.74 Å². The summed E-state index contributed by atoms with van der Waals surface area (Å²) >= 11 is 0. The fourth-order valence-corrected chi connectivity index (χ4v) is 2.87. The van der Waals surface area contributed by atoms with Gasteiger partial charge in [-0.05, 0) is 69.2 Å². The standard InChI is InChI=1S/C16H38N4O/c1-11-15(19(7)8,13-17(3)4)21-16(12-2,20(9)10)14-18(5)6/h11-14H2,1-10H3. The molecule has 0 aromatic rings. The van der Waals surface area contributed by atoms with Crippen LogP contribution < -0.4 is 0 Å². The van der Waals surface area contributed by atoms with E-state index < -0.39 is 0 Å². The Kier molecular flexibility index (Phi) is 8.36. The zero-order valence-corrected chi connectivity index (χ0v) is 16.0. The molecule has 0 amide bonds. The Morgan fingerprint density at radius 2 is 0.905 bits per heavy atom. The highest BCUT2D eigenvalue weighted by Gasteiger charge is 2.43. The van der Waals surface area contributed by atoms with Crippen molar-refractivity contribution in [2.24, 2.45) is 0 Å². The molecule has 0 fully saturated rings. The number of nitrogens with zero attached hydrogens (tertiary/aromatic N) is 4. The van der Waals surface area contributed by atoms with E-state index in [1.165, 1.54) is 0 Å². The Morgan fingerprint density at radius 3 is 1.05 bits per heavy atom. The first-order valence-electron chi connectivity index (χ1n) is 7.89. The minimum absolute atomic E-state index is 0.292. The normalized spacial score (nSPS) is 18.6. The van der Waals surface area contributed by atoms with E-state index in [1.54, 1.807) is 0 Å². The van der Waals surface area contributed by atoms with E-state index in [2.05, 4.69) is 89.8 Å². The maximum absolute atomic E-state index is 6.84. The van der Waals surface area contributed by atoms with E-state index in [0.717, 1.165) is 25.9 Å². The molecule has 0 aromatic carbocycles. The molecule has 0 saturated heterocycles. The largest absolute Gasteiger partial charge is 0.337 e. The van der Waals surface area contributed by atoms with Gasteiger partial charge in [-0.15, -0.1) is 0 Å². The second-order valence-corrected chi connectivity index (χ2v) is 6.97. The molecular weight excluding hydrogens is 264 g/mol. The van der Waals surface area contributed by atoms with Crippen molar-refractivity contribution in [3.05, 3.63) is 0 Å². The van der Waals surface area contributed by atoms with E-state index in [-0.39, 0.29) is 11.4 Å². The van der Waals surface area contributed by atoms with Gasteiger partial charge in [0.2, 0.25) is 0 Å². The molecule has 0 N–H and O–H groups in total. The summed E-state index contributed by atoms with van der Waals surface area (Å²) in [7, 11) is 16.9. The van der Waals surface area contributed by atoms with Crippen LogP contribution >= 0.6 is 0 Å². The third-order valence-corrected chi connectivity index (χ3v) is 4.24. The predicted octanol–water partition coefficient (Wildman–Crippen LogP) is 1.46. The number of hydrogen-bond acceptors (Lipinski definition) is 5. The van der Waals surface area contributed by atoms with E-state index in [1.807, 2.05) is 0 Å². The van der Waals surface area contributed by atoms with Crippen LogP contribution in [0.4, 0.5) is 0 Å². The molecule has 0 aliphatic carbocycles. The summed E-state index contributed by atoms with van der Waals surface area (Å²) in [6, 6.07) is 0. The van der Waals surface area contributed by atoms with Crippen LogP contribution in [0.25, 0.3) is 0 Å². The molecule has 21 heavy (non-hydrogen) atoms. The second-order valence-electron chi connectivity index (χ2n) is 6.97. The van der Waals surface area contributed by atoms with Gasteiger partial charge in [0.05, 0.1) is 0 Å². The molecule has 0 bridgehead atoms. The monoisotopic (exact) mass is 302 g/mol. The van der Waals surface area contributed by atoms with Crippen LogP contribution in [0.15, 0.2) is 0 Å². The van der Waals surface area contributed by atoms with Crippen molar-refractivity contribution in [3.8, 4) is 0 Å². The summed E-state index contributed by atoms with van der Waals surface area (Å²) in [6.45, 7) is 6.16. The minimum atomic E-state index is -0.292. The lowest BCUT2D eigenvalue weighted by Gasteiger charge is -2.51. The maximum Gasteiger partial charge on any atom is 0.136 e. The van der Waals surface area contributed by atoms with Gasteiger partial charge in [0.15, 0.2) is 0 Å². The third-order valence-electron chi connectivity index (χ3n) is 4.24. The SMILES string of the molecule is CCC(CN(C)C)(OC(CC)(CN(C)C)N(C)C)N(C)C. The smallest absolute Gasteiger partial charge is 0.136 e. The van der Waals surface area contributed by atoms with Crippen LogP contribution in [-0.4, -0.2) is 101 Å². The van der Waals surface area contributed by atoms with Gasteiger partial charge in [-0.3, -0.25) is 9.80 Å². The van der Waals surface area contributed by atoms with Crippen LogP contribution in [0.1, 0.15) is 26.7 Å². The van der Waals surface area contributed by atoms with Crippen molar-refractivity contribution in [2.45, 2.75) is 38.1 Å². The lowest BCUT2D eigenvalue weighted by molar-refractivity contribution is -0.271. The van der Waals surface area contributed by atoms with Gasteiger partial charge in [0.25, 0.3) is 0 Å².